The molecule has 0 amide bonds. The Morgan fingerprint density at radius 2 is 1.02 bits per heavy atom. The van der Waals surface area contributed by atoms with Crippen LogP contribution in [-0.2, 0) is 10.8 Å². The summed E-state index contributed by atoms with van der Waals surface area (Å²) < 4.78 is 0. The topological polar surface area (TPSA) is 15.3 Å². The summed E-state index contributed by atoms with van der Waals surface area (Å²) in [6.07, 6.45) is 2.37. The summed E-state index contributed by atoms with van der Waals surface area (Å²) in [6.45, 7) is 14.3. The standard InChI is InChI=1S/C58H53BN2/c1-38-31-48(47-27-25-45(42-21-14-9-15-22-42)36-52(47)60-46-24-16-23-43(34-46)40-17-10-7-11-18-40)56-55(32-38)61(53-28-26-44(35-51(53)59-56)41-19-12-8-13-20-41)54-37-50-49(33-39(54)2)57(3,4)29-30-58(50,5)6/h7-28,31-37,59-60H,29-30H2,1-6H3. The van der Waals surface area contributed by atoms with Crippen molar-refractivity contribution in [3.05, 3.63) is 198 Å². The van der Waals surface area contributed by atoms with Crippen molar-refractivity contribution in [1.82, 2.24) is 0 Å². The van der Waals surface area contributed by atoms with E-state index in [4.69, 9.17) is 0 Å². The Morgan fingerprint density at radius 1 is 0.459 bits per heavy atom. The fourth-order valence-electron chi connectivity index (χ4n) is 9.96. The van der Waals surface area contributed by atoms with Crippen LogP contribution >= 0.6 is 0 Å². The van der Waals surface area contributed by atoms with E-state index in [9.17, 15) is 0 Å². The van der Waals surface area contributed by atoms with E-state index in [1.54, 1.807) is 0 Å². The SMILES string of the molecule is Cc1cc(-c2ccc(-c3ccccc3)cc2Nc2cccc(-c3ccccc3)c2)c2c(c1)N(c1cc3c(cc1C)C(C)(C)CCC3(C)C)c1ccc(-c3ccccc3)cc1B2. The van der Waals surface area contributed by atoms with Crippen LogP contribution in [0.3, 0.4) is 0 Å². The largest absolute Gasteiger partial charge is 0.355 e. The molecule has 0 bridgehead atoms. The zero-order valence-electron chi connectivity index (χ0n) is 36.3. The Hall–Kier alpha value is -6.58. The van der Waals surface area contributed by atoms with Crippen LogP contribution in [0.5, 0.6) is 0 Å². The molecule has 2 nitrogen and oxygen atoms in total. The van der Waals surface area contributed by atoms with Gasteiger partial charge in [0.2, 0.25) is 0 Å². The maximum Gasteiger partial charge on any atom is 0.198 e. The highest BCUT2D eigenvalue weighted by atomic mass is 15.2. The zero-order valence-corrected chi connectivity index (χ0v) is 36.3. The van der Waals surface area contributed by atoms with Crippen LogP contribution in [0.2, 0.25) is 0 Å². The summed E-state index contributed by atoms with van der Waals surface area (Å²) in [5.74, 6) is 0. The Bertz CT molecular complexity index is 2930. The van der Waals surface area contributed by atoms with Gasteiger partial charge in [0.15, 0.2) is 7.28 Å². The number of hydrogen-bond acceptors (Lipinski definition) is 2. The third kappa shape index (κ3) is 7.16. The molecule has 3 heteroatoms. The van der Waals surface area contributed by atoms with Gasteiger partial charge in [-0.3, -0.25) is 0 Å². The van der Waals surface area contributed by atoms with Crippen LogP contribution in [-0.4, -0.2) is 7.28 Å². The third-order valence-electron chi connectivity index (χ3n) is 13.5. The molecule has 1 N–H and O–H groups in total. The first-order chi connectivity index (χ1) is 29.5. The molecule has 0 aromatic heterocycles. The van der Waals surface area contributed by atoms with Crippen molar-refractivity contribution in [1.29, 1.82) is 0 Å². The molecule has 1 heterocycles. The second kappa shape index (κ2) is 15.2. The van der Waals surface area contributed by atoms with Crippen LogP contribution < -0.4 is 21.1 Å². The van der Waals surface area contributed by atoms with Crippen molar-refractivity contribution in [2.24, 2.45) is 0 Å². The first-order valence-corrected chi connectivity index (χ1v) is 21.9. The van der Waals surface area contributed by atoms with E-state index < -0.39 is 0 Å². The number of hydrogen-bond donors (Lipinski definition) is 1. The average molecular weight is 789 g/mol. The summed E-state index contributed by atoms with van der Waals surface area (Å²) in [5, 5.41) is 3.96. The molecule has 8 aromatic carbocycles. The van der Waals surface area contributed by atoms with E-state index in [2.05, 4.69) is 228 Å². The first-order valence-electron chi connectivity index (χ1n) is 21.9. The van der Waals surface area contributed by atoms with Crippen molar-refractivity contribution < 1.29 is 0 Å². The van der Waals surface area contributed by atoms with Crippen molar-refractivity contribution >= 4 is 46.6 Å². The van der Waals surface area contributed by atoms with Crippen molar-refractivity contribution in [3.63, 3.8) is 0 Å². The van der Waals surface area contributed by atoms with Crippen molar-refractivity contribution in [2.45, 2.75) is 65.2 Å². The molecule has 1 aliphatic carbocycles. The molecule has 298 valence electrons. The maximum atomic E-state index is 3.96. The Labute approximate surface area is 363 Å². The normalized spacial score (nSPS) is 14.6. The minimum atomic E-state index is 0.0859. The van der Waals surface area contributed by atoms with Crippen LogP contribution in [0.15, 0.2) is 176 Å². The van der Waals surface area contributed by atoms with Gasteiger partial charge in [0.05, 0.1) is 0 Å². The van der Waals surface area contributed by atoms with Gasteiger partial charge in [0.25, 0.3) is 0 Å². The fourth-order valence-corrected chi connectivity index (χ4v) is 9.96. The maximum absolute atomic E-state index is 3.96. The fraction of sp³-hybridized carbons (Fsp3) is 0.172. The molecule has 0 unspecified atom stereocenters. The molecule has 0 spiro atoms. The highest BCUT2D eigenvalue weighted by Crippen LogP contribution is 2.50. The molecule has 0 saturated carbocycles. The van der Waals surface area contributed by atoms with E-state index in [0.29, 0.717) is 0 Å². The smallest absolute Gasteiger partial charge is 0.198 e. The van der Waals surface area contributed by atoms with Gasteiger partial charge in [-0.05, 0) is 141 Å². The third-order valence-corrected chi connectivity index (χ3v) is 13.5. The lowest BCUT2D eigenvalue weighted by molar-refractivity contribution is 0.332. The second-order valence-electron chi connectivity index (χ2n) is 18.7. The van der Waals surface area contributed by atoms with Crippen molar-refractivity contribution in [2.75, 3.05) is 10.2 Å². The quantitative estimate of drug-likeness (QED) is 0.162. The number of anilines is 5. The number of aryl methyl sites for hydroxylation is 2. The Kier molecular flexibility index (Phi) is 9.60. The summed E-state index contributed by atoms with van der Waals surface area (Å²) >= 11 is 0. The summed E-state index contributed by atoms with van der Waals surface area (Å²) in [7, 11) is 0.823. The number of nitrogens with zero attached hydrogens (tertiary/aromatic N) is 1. The monoisotopic (exact) mass is 788 g/mol. The van der Waals surface area contributed by atoms with Gasteiger partial charge in [-0.15, -0.1) is 0 Å². The van der Waals surface area contributed by atoms with E-state index in [1.807, 2.05) is 0 Å². The number of rotatable bonds is 7. The average Bonchev–Trinajstić information content (AvgIpc) is 3.28. The second-order valence-corrected chi connectivity index (χ2v) is 18.7. The minimum Gasteiger partial charge on any atom is -0.355 e. The molecular weight excluding hydrogens is 735 g/mol. The van der Waals surface area contributed by atoms with Gasteiger partial charge in [-0.25, -0.2) is 0 Å². The van der Waals surface area contributed by atoms with Gasteiger partial charge in [-0.1, -0.05) is 173 Å². The Morgan fingerprint density at radius 3 is 1.66 bits per heavy atom. The molecule has 0 atom stereocenters. The molecule has 0 saturated heterocycles. The van der Waals surface area contributed by atoms with Crippen LogP contribution in [0.1, 0.15) is 62.8 Å². The predicted octanol–water partition coefficient (Wildman–Crippen LogP) is 14.2. The lowest BCUT2D eigenvalue weighted by atomic mass is 9.57. The lowest BCUT2D eigenvalue weighted by Gasteiger charge is -2.44. The summed E-state index contributed by atoms with van der Waals surface area (Å²) in [4.78, 5) is 2.60. The van der Waals surface area contributed by atoms with E-state index in [1.165, 1.54) is 108 Å². The van der Waals surface area contributed by atoms with Gasteiger partial charge < -0.3 is 10.2 Å². The molecule has 8 aromatic rings. The zero-order chi connectivity index (χ0) is 41.9. The number of fused-ring (bicyclic) bond motifs is 3. The number of nitrogens with one attached hydrogen (secondary N) is 1. The summed E-state index contributed by atoms with van der Waals surface area (Å²) in [5.41, 5.74) is 24.1. The van der Waals surface area contributed by atoms with Gasteiger partial charge in [0.1, 0.15) is 0 Å². The van der Waals surface area contributed by atoms with Crippen LogP contribution in [0, 0.1) is 13.8 Å². The Balaban J connectivity index is 1.19. The highest BCUT2D eigenvalue weighted by Gasteiger charge is 2.39. The lowest BCUT2D eigenvalue weighted by Crippen LogP contribution is -2.41. The van der Waals surface area contributed by atoms with Crippen LogP contribution in [0.4, 0.5) is 28.4 Å². The molecule has 0 fully saturated rings. The van der Waals surface area contributed by atoms with Crippen molar-refractivity contribution in [3.8, 4) is 44.5 Å². The molecular formula is C58H53BN2. The van der Waals surface area contributed by atoms with Gasteiger partial charge in [0, 0.05) is 34.0 Å². The predicted molar refractivity (Wildman–Crippen MR) is 264 cm³/mol. The number of benzene rings is 8. The van der Waals surface area contributed by atoms with E-state index in [0.717, 1.165) is 18.7 Å². The molecule has 2 aliphatic rings. The van der Waals surface area contributed by atoms with Gasteiger partial charge >= 0.3 is 0 Å². The first kappa shape index (κ1) is 38.6. The minimum absolute atomic E-state index is 0.0859. The van der Waals surface area contributed by atoms with E-state index in [-0.39, 0.29) is 10.8 Å². The molecule has 0 radical (unpaired) electrons. The molecule has 10 rings (SSSR count). The van der Waals surface area contributed by atoms with E-state index >= 15 is 0 Å². The highest BCUT2D eigenvalue weighted by molar-refractivity contribution is 6.73. The van der Waals surface area contributed by atoms with Crippen LogP contribution in [0.25, 0.3) is 44.5 Å². The summed E-state index contributed by atoms with van der Waals surface area (Å²) in [6, 6.07) is 65.0. The van der Waals surface area contributed by atoms with Gasteiger partial charge in [-0.2, -0.15) is 0 Å². The molecule has 1 aliphatic heterocycles. The molecule has 61 heavy (non-hydrogen) atoms.